The predicted molar refractivity (Wildman–Crippen MR) is 106 cm³/mol. The van der Waals surface area contributed by atoms with Crippen LogP contribution in [0, 0.1) is 0 Å². The summed E-state index contributed by atoms with van der Waals surface area (Å²) in [4.78, 5) is 21.2. The number of nitrogens with two attached hydrogens (primary N) is 1. The number of amides is 1. The van der Waals surface area contributed by atoms with Gasteiger partial charge in [0.15, 0.2) is 5.16 Å². The number of benzene rings is 2. The highest BCUT2D eigenvalue weighted by molar-refractivity contribution is 7.99. The van der Waals surface area contributed by atoms with Crippen LogP contribution in [0.2, 0.25) is 0 Å². The zero-order chi connectivity index (χ0) is 18.8. The molecule has 2 heterocycles. The van der Waals surface area contributed by atoms with E-state index >= 15 is 0 Å². The Balaban J connectivity index is 1.67. The van der Waals surface area contributed by atoms with Gasteiger partial charge in [0.2, 0.25) is 5.91 Å². The third-order valence-electron chi connectivity index (χ3n) is 3.91. The molecule has 0 aliphatic carbocycles. The van der Waals surface area contributed by atoms with E-state index in [-0.39, 0.29) is 5.91 Å². The van der Waals surface area contributed by atoms with Gasteiger partial charge in [-0.25, -0.2) is 9.97 Å². The van der Waals surface area contributed by atoms with E-state index in [0.29, 0.717) is 11.0 Å². The van der Waals surface area contributed by atoms with Gasteiger partial charge in [-0.1, -0.05) is 12.1 Å². The van der Waals surface area contributed by atoms with Gasteiger partial charge in [-0.2, -0.15) is 5.10 Å². The predicted octanol–water partition coefficient (Wildman–Crippen LogP) is 3.71. The number of carbonyl (C=O) groups excluding carboxylic acids is 1. The quantitative estimate of drug-likeness (QED) is 0.468. The van der Waals surface area contributed by atoms with Crippen LogP contribution in [0.3, 0.4) is 0 Å². The average Bonchev–Trinajstić information content (AvgIpc) is 3.17. The smallest absolute Gasteiger partial charge is 0.221 e. The lowest BCUT2D eigenvalue weighted by molar-refractivity contribution is -0.114. The Kier molecular flexibility index (Phi) is 4.47. The van der Waals surface area contributed by atoms with E-state index in [1.54, 1.807) is 6.20 Å². The standard InChI is InChI=1S/C19H16N6OS/c1-11(26)22-12-5-7-13(8-6-12)27-19-23-16-4-2-3-14(15-9-10-21-25-15)17(16)18(20)24-19/h2-10H,1H3,(H,21,25)(H,22,26)(H2,20,23,24). The Morgan fingerprint density at radius 1 is 1.11 bits per heavy atom. The SMILES string of the molecule is CC(=O)Nc1ccc(Sc2nc(N)c3c(-c4ccn[nH]4)cccc3n2)cc1. The fourth-order valence-corrected chi connectivity index (χ4v) is 3.55. The largest absolute Gasteiger partial charge is 0.383 e. The zero-order valence-corrected chi connectivity index (χ0v) is 15.2. The molecule has 4 rings (SSSR count). The molecule has 0 bridgehead atoms. The Morgan fingerprint density at radius 2 is 1.93 bits per heavy atom. The number of fused-ring (bicyclic) bond motifs is 1. The second-order valence-corrected chi connectivity index (χ2v) is 6.91. The highest BCUT2D eigenvalue weighted by Gasteiger charge is 2.12. The maximum atomic E-state index is 11.1. The summed E-state index contributed by atoms with van der Waals surface area (Å²) in [5, 5.41) is 11.0. The number of hydrogen-bond donors (Lipinski definition) is 3. The second kappa shape index (κ2) is 7.08. The first-order chi connectivity index (χ1) is 13.1. The number of H-pyrrole nitrogens is 1. The van der Waals surface area contributed by atoms with Gasteiger partial charge in [-0.3, -0.25) is 9.89 Å². The summed E-state index contributed by atoms with van der Waals surface area (Å²) < 4.78 is 0. The minimum absolute atomic E-state index is 0.103. The van der Waals surface area contributed by atoms with Crippen molar-refractivity contribution in [2.75, 3.05) is 11.1 Å². The molecule has 134 valence electrons. The number of aromatic amines is 1. The fourth-order valence-electron chi connectivity index (χ4n) is 2.78. The number of rotatable bonds is 4. The van der Waals surface area contributed by atoms with E-state index < -0.39 is 0 Å². The van der Waals surface area contributed by atoms with Gasteiger partial charge in [0.25, 0.3) is 0 Å². The van der Waals surface area contributed by atoms with Crippen molar-refractivity contribution in [1.29, 1.82) is 0 Å². The summed E-state index contributed by atoms with van der Waals surface area (Å²) in [5.74, 6) is 0.316. The molecule has 0 unspecified atom stereocenters. The van der Waals surface area contributed by atoms with Crippen molar-refractivity contribution >= 4 is 40.1 Å². The van der Waals surface area contributed by atoms with E-state index in [2.05, 4.69) is 25.5 Å². The summed E-state index contributed by atoms with van der Waals surface area (Å²) in [6.07, 6.45) is 1.69. The fraction of sp³-hybridized carbons (Fsp3) is 0.0526. The maximum Gasteiger partial charge on any atom is 0.221 e. The summed E-state index contributed by atoms with van der Waals surface area (Å²) in [5.41, 5.74) is 9.55. The van der Waals surface area contributed by atoms with Gasteiger partial charge < -0.3 is 11.1 Å². The van der Waals surface area contributed by atoms with Crippen LogP contribution in [-0.2, 0) is 4.79 Å². The second-order valence-electron chi connectivity index (χ2n) is 5.87. The molecule has 0 aliphatic heterocycles. The third-order valence-corrected chi connectivity index (χ3v) is 4.78. The molecule has 4 N–H and O–H groups in total. The van der Waals surface area contributed by atoms with Gasteiger partial charge in [0.1, 0.15) is 5.82 Å². The molecular formula is C19H16N6OS. The summed E-state index contributed by atoms with van der Waals surface area (Å²) in [6.45, 7) is 1.48. The zero-order valence-electron chi connectivity index (χ0n) is 14.4. The summed E-state index contributed by atoms with van der Waals surface area (Å²) >= 11 is 1.41. The molecule has 0 spiro atoms. The number of nitrogen functional groups attached to an aromatic ring is 1. The molecular weight excluding hydrogens is 360 g/mol. The Labute approximate surface area is 159 Å². The van der Waals surface area contributed by atoms with Gasteiger partial charge in [-0.15, -0.1) is 0 Å². The third kappa shape index (κ3) is 3.61. The Bertz CT molecular complexity index is 1110. The molecule has 0 atom stereocenters. The number of anilines is 2. The van der Waals surface area contributed by atoms with Crippen LogP contribution in [0.5, 0.6) is 0 Å². The van der Waals surface area contributed by atoms with E-state index in [4.69, 9.17) is 5.73 Å². The Morgan fingerprint density at radius 3 is 2.63 bits per heavy atom. The number of nitrogens with zero attached hydrogens (tertiary/aromatic N) is 3. The van der Waals surface area contributed by atoms with Gasteiger partial charge in [-0.05, 0) is 48.2 Å². The molecule has 8 heteroatoms. The topological polar surface area (TPSA) is 110 Å². The minimum atomic E-state index is -0.103. The molecule has 2 aromatic carbocycles. The lowest BCUT2D eigenvalue weighted by atomic mass is 10.1. The van der Waals surface area contributed by atoms with Crippen LogP contribution < -0.4 is 11.1 Å². The highest BCUT2D eigenvalue weighted by Crippen LogP contribution is 2.33. The highest BCUT2D eigenvalue weighted by atomic mass is 32.2. The van der Waals surface area contributed by atoms with Crippen molar-refractivity contribution in [3.63, 3.8) is 0 Å². The normalized spacial score (nSPS) is 10.9. The molecule has 27 heavy (non-hydrogen) atoms. The summed E-state index contributed by atoms with van der Waals surface area (Å²) in [6, 6.07) is 15.2. The lowest BCUT2D eigenvalue weighted by Gasteiger charge is -2.09. The summed E-state index contributed by atoms with van der Waals surface area (Å²) in [7, 11) is 0. The van der Waals surface area contributed by atoms with Crippen LogP contribution in [0.15, 0.2) is 64.8 Å². The molecule has 2 aromatic heterocycles. The first-order valence-electron chi connectivity index (χ1n) is 8.21. The van der Waals surface area contributed by atoms with Crippen molar-refractivity contribution in [2.45, 2.75) is 17.0 Å². The van der Waals surface area contributed by atoms with Gasteiger partial charge in [0, 0.05) is 29.3 Å². The van der Waals surface area contributed by atoms with E-state index in [0.717, 1.165) is 32.7 Å². The van der Waals surface area contributed by atoms with Crippen molar-refractivity contribution in [2.24, 2.45) is 0 Å². The molecule has 4 aromatic rings. The molecule has 0 saturated heterocycles. The molecule has 0 saturated carbocycles. The molecule has 0 radical (unpaired) electrons. The van der Waals surface area contributed by atoms with Crippen LogP contribution in [0.1, 0.15) is 6.92 Å². The van der Waals surface area contributed by atoms with Crippen molar-refractivity contribution < 1.29 is 4.79 Å². The van der Waals surface area contributed by atoms with Crippen LogP contribution >= 0.6 is 11.8 Å². The lowest BCUT2D eigenvalue weighted by Crippen LogP contribution is -2.05. The van der Waals surface area contributed by atoms with Crippen LogP contribution in [0.25, 0.3) is 22.2 Å². The van der Waals surface area contributed by atoms with Crippen LogP contribution in [0.4, 0.5) is 11.5 Å². The van der Waals surface area contributed by atoms with E-state index in [9.17, 15) is 4.79 Å². The van der Waals surface area contributed by atoms with Crippen molar-refractivity contribution in [3.8, 4) is 11.3 Å². The molecule has 7 nitrogen and oxygen atoms in total. The van der Waals surface area contributed by atoms with Gasteiger partial charge in [0.05, 0.1) is 16.6 Å². The number of hydrogen-bond acceptors (Lipinski definition) is 6. The van der Waals surface area contributed by atoms with Gasteiger partial charge >= 0.3 is 0 Å². The first-order valence-corrected chi connectivity index (χ1v) is 9.03. The van der Waals surface area contributed by atoms with Crippen LogP contribution in [-0.4, -0.2) is 26.1 Å². The number of nitrogens with one attached hydrogen (secondary N) is 2. The molecule has 0 fully saturated rings. The molecule has 1 amide bonds. The van der Waals surface area contributed by atoms with Crippen molar-refractivity contribution in [1.82, 2.24) is 20.2 Å². The average molecular weight is 376 g/mol. The monoisotopic (exact) mass is 376 g/mol. The number of aromatic nitrogens is 4. The van der Waals surface area contributed by atoms with E-state index in [1.807, 2.05) is 48.5 Å². The minimum Gasteiger partial charge on any atom is -0.383 e. The molecule has 0 aliphatic rings. The first kappa shape index (κ1) is 17.0. The van der Waals surface area contributed by atoms with E-state index in [1.165, 1.54) is 18.7 Å². The Hall–Kier alpha value is -3.39. The maximum absolute atomic E-state index is 11.1. The van der Waals surface area contributed by atoms with Crippen molar-refractivity contribution in [3.05, 3.63) is 54.7 Å². The number of carbonyl (C=O) groups is 1.